The molecule has 1 N–H and O–H groups in total. The van der Waals surface area contributed by atoms with Gasteiger partial charge in [-0.2, -0.15) is 8.78 Å². The van der Waals surface area contributed by atoms with Crippen LogP contribution < -0.4 is 4.74 Å². The number of ether oxygens (including phenoxy) is 1. The van der Waals surface area contributed by atoms with Gasteiger partial charge in [-0.15, -0.1) is 10.2 Å². The van der Waals surface area contributed by atoms with E-state index in [1.165, 1.54) is 23.9 Å². The van der Waals surface area contributed by atoms with Crippen LogP contribution in [0.25, 0.3) is 22.5 Å². The van der Waals surface area contributed by atoms with Gasteiger partial charge < -0.3 is 14.1 Å². The first kappa shape index (κ1) is 17.7. The number of fused-ring (bicyclic) bond motifs is 1. The maximum Gasteiger partial charge on any atom is 0.387 e. The average molecular weight is 409 g/mol. The van der Waals surface area contributed by atoms with Crippen LogP contribution in [0.4, 0.5) is 8.78 Å². The van der Waals surface area contributed by atoms with Crippen LogP contribution in [-0.4, -0.2) is 26.8 Å². The fraction of sp³-hybridized carbons (Fsp3) is 0.118. The van der Waals surface area contributed by atoms with E-state index in [0.29, 0.717) is 44.3 Å². The van der Waals surface area contributed by atoms with E-state index in [1.807, 2.05) is 12.1 Å². The number of thioether (sulfide) groups is 1. The first-order chi connectivity index (χ1) is 13.1. The van der Waals surface area contributed by atoms with Gasteiger partial charge in [0.15, 0.2) is 5.16 Å². The van der Waals surface area contributed by atoms with Crippen molar-refractivity contribution in [3.8, 4) is 17.2 Å². The number of nitrogens with one attached hydrogen (secondary N) is 1. The maximum atomic E-state index is 12.3. The smallest absolute Gasteiger partial charge is 0.387 e. The lowest BCUT2D eigenvalue weighted by molar-refractivity contribution is -0.0497. The summed E-state index contributed by atoms with van der Waals surface area (Å²) in [5.74, 6) is 1.21. The van der Waals surface area contributed by atoms with Crippen molar-refractivity contribution in [2.45, 2.75) is 17.5 Å². The largest absolute Gasteiger partial charge is 0.435 e. The lowest BCUT2D eigenvalue weighted by Gasteiger charge is -2.02. The third-order valence-electron chi connectivity index (χ3n) is 3.56. The second kappa shape index (κ2) is 7.53. The van der Waals surface area contributed by atoms with Gasteiger partial charge in [0, 0.05) is 6.07 Å². The third kappa shape index (κ3) is 4.04. The normalized spacial score (nSPS) is 11.4. The standard InChI is InChI=1S/C17H11ClF2N4O2S/c18-11-4-2-1-3-10(11)15-24-23-14(26-15)8-27-17-21-12-6-5-9(25-16(19)20)7-13(12)22-17/h1-7,16H,8H2,(H,21,22). The lowest BCUT2D eigenvalue weighted by Crippen LogP contribution is -2.01. The van der Waals surface area contributed by atoms with Crippen molar-refractivity contribution in [2.75, 3.05) is 0 Å². The Morgan fingerprint density at radius 2 is 2.04 bits per heavy atom. The molecule has 2 heterocycles. The van der Waals surface area contributed by atoms with Crippen LogP contribution in [0, 0.1) is 0 Å². The van der Waals surface area contributed by atoms with Crippen LogP contribution in [0.2, 0.25) is 5.02 Å². The molecule has 0 saturated carbocycles. The number of aromatic nitrogens is 4. The van der Waals surface area contributed by atoms with Crippen molar-refractivity contribution in [1.82, 2.24) is 20.2 Å². The monoisotopic (exact) mass is 408 g/mol. The molecule has 138 valence electrons. The molecule has 0 amide bonds. The molecule has 0 aliphatic carbocycles. The first-order valence-electron chi connectivity index (χ1n) is 7.73. The topological polar surface area (TPSA) is 76.8 Å². The summed E-state index contributed by atoms with van der Waals surface area (Å²) in [5, 5.41) is 9.14. The molecule has 0 saturated heterocycles. The number of benzene rings is 2. The Bertz CT molecular complexity index is 1090. The zero-order valence-corrected chi connectivity index (χ0v) is 15.1. The van der Waals surface area contributed by atoms with Gasteiger partial charge in [0.1, 0.15) is 5.75 Å². The van der Waals surface area contributed by atoms with Crippen molar-refractivity contribution in [3.63, 3.8) is 0 Å². The van der Waals surface area contributed by atoms with Crippen LogP contribution in [0.3, 0.4) is 0 Å². The second-order valence-corrected chi connectivity index (χ2v) is 6.74. The van der Waals surface area contributed by atoms with Gasteiger partial charge in [-0.3, -0.25) is 0 Å². The highest BCUT2D eigenvalue weighted by Crippen LogP contribution is 2.29. The minimum atomic E-state index is -2.87. The van der Waals surface area contributed by atoms with E-state index < -0.39 is 6.61 Å². The number of rotatable bonds is 6. The molecule has 2 aromatic carbocycles. The molecule has 0 aliphatic heterocycles. The number of H-pyrrole nitrogens is 1. The molecule has 2 aromatic heterocycles. The van der Waals surface area contributed by atoms with Crippen LogP contribution in [0.5, 0.6) is 5.75 Å². The first-order valence-corrected chi connectivity index (χ1v) is 9.09. The van der Waals surface area contributed by atoms with Gasteiger partial charge in [0.2, 0.25) is 11.8 Å². The maximum absolute atomic E-state index is 12.3. The SMILES string of the molecule is FC(F)Oc1ccc2nc(SCc3nnc(-c4ccccc4Cl)o3)[nH]c2c1. The molecule has 0 radical (unpaired) electrons. The number of hydrogen-bond donors (Lipinski definition) is 1. The highest BCUT2D eigenvalue weighted by molar-refractivity contribution is 7.98. The third-order valence-corrected chi connectivity index (χ3v) is 4.75. The quantitative estimate of drug-likeness (QED) is 0.444. The van der Waals surface area contributed by atoms with Crippen molar-refractivity contribution in [3.05, 3.63) is 53.4 Å². The Morgan fingerprint density at radius 3 is 2.85 bits per heavy atom. The Kier molecular flexibility index (Phi) is 4.95. The summed E-state index contributed by atoms with van der Waals surface area (Å²) in [6.45, 7) is -2.87. The van der Waals surface area contributed by atoms with Crippen LogP contribution in [0.1, 0.15) is 5.89 Å². The van der Waals surface area contributed by atoms with Gasteiger partial charge in [-0.1, -0.05) is 35.5 Å². The average Bonchev–Trinajstić information content (AvgIpc) is 3.26. The highest BCUT2D eigenvalue weighted by atomic mass is 35.5. The van der Waals surface area contributed by atoms with Gasteiger partial charge in [0.05, 0.1) is 27.4 Å². The second-order valence-electron chi connectivity index (χ2n) is 5.37. The van der Waals surface area contributed by atoms with Gasteiger partial charge >= 0.3 is 6.61 Å². The molecule has 27 heavy (non-hydrogen) atoms. The number of nitrogens with zero attached hydrogens (tertiary/aromatic N) is 3. The number of halogens is 3. The van der Waals surface area contributed by atoms with Crippen molar-refractivity contribution < 1.29 is 17.9 Å². The predicted molar refractivity (Wildman–Crippen MR) is 97.0 cm³/mol. The predicted octanol–water partition coefficient (Wildman–Crippen LogP) is 5.16. The molecule has 4 rings (SSSR count). The van der Waals surface area contributed by atoms with Crippen molar-refractivity contribution in [2.24, 2.45) is 0 Å². The Labute approximate surface area is 160 Å². The summed E-state index contributed by atoms with van der Waals surface area (Å²) in [6, 6.07) is 11.7. The summed E-state index contributed by atoms with van der Waals surface area (Å²) in [7, 11) is 0. The van der Waals surface area contributed by atoms with Gasteiger partial charge in [-0.25, -0.2) is 4.98 Å². The van der Waals surface area contributed by atoms with E-state index in [9.17, 15) is 8.78 Å². The van der Waals surface area contributed by atoms with Crippen molar-refractivity contribution >= 4 is 34.4 Å². The van der Waals surface area contributed by atoms with E-state index in [2.05, 4.69) is 24.9 Å². The summed E-state index contributed by atoms with van der Waals surface area (Å²) in [4.78, 5) is 7.42. The van der Waals surface area contributed by atoms with Crippen LogP contribution in [0.15, 0.2) is 52.0 Å². The Balaban J connectivity index is 1.47. The summed E-state index contributed by atoms with van der Waals surface area (Å²) < 4.78 is 34.6. The molecule has 10 heteroatoms. The van der Waals surface area contributed by atoms with E-state index >= 15 is 0 Å². The molecular formula is C17H11ClF2N4O2S. The van der Waals surface area contributed by atoms with Gasteiger partial charge in [-0.05, 0) is 24.3 Å². The minimum Gasteiger partial charge on any atom is -0.435 e. The zero-order chi connectivity index (χ0) is 18.8. The van der Waals surface area contributed by atoms with E-state index in [1.54, 1.807) is 18.2 Å². The molecule has 0 spiro atoms. The summed E-state index contributed by atoms with van der Waals surface area (Å²) in [6.07, 6.45) is 0. The van der Waals surface area contributed by atoms with E-state index in [-0.39, 0.29) is 5.75 Å². The fourth-order valence-corrected chi connectivity index (χ4v) is 3.33. The van der Waals surface area contributed by atoms with E-state index in [0.717, 1.165) is 0 Å². The Hall–Kier alpha value is -2.65. The fourth-order valence-electron chi connectivity index (χ4n) is 2.40. The van der Waals surface area contributed by atoms with Crippen molar-refractivity contribution in [1.29, 1.82) is 0 Å². The molecule has 0 fully saturated rings. The minimum absolute atomic E-state index is 0.0685. The molecule has 0 unspecified atom stereocenters. The molecule has 4 aromatic rings. The van der Waals surface area contributed by atoms with Crippen LogP contribution >= 0.6 is 23.4 Å². The highest BCUT2D eigenvalue weighted by Gasteiger charge is 2.13. The van der Waals surface area contributed by atoms with E-state index in [4.69, 9.17) is 16.0 Å². The molecule has 6 nitrogen and oxygen atoms in total. The number of hydrogen-bond acceptors (Lipinski definition) is 6. The number of alkyl halides is 2. The Morgan fingerprint density at radius 1 is 1.19 bits per heavy atom. The lowest BCUT2D eigenvalue weighted by atomic mass is 10.2. The number of aromatic amines is 1. The molecule has 0 bridgehead atoms. The van der Waals surface area contributed by atoms with Crippen LogP contribution in [-0.2, 0) is 5.75 Å². The summed E-state index contributed by atoms with van der Waals surface area (Å²) in [5.41, 5.74) is 1.90. The molecule has 0 aliphatic rings. The molecular weight excluding hydrogens is 398 g/mol. The summed E-state index contributed by atoms with van der Waals surface area (Å²) >= 11 is 7.47. The zero-order valence-electron chi connectivity index (χ0n) is 13.5. The number of imidazole rings is 1. The molecule has 0 atom stereocenters. The van der Waals surface area contributed by atoms with Gasteiger partial charge in [0.25, 0.3) is 0 Å².